The van der Waals surface area contributed by atoms with E-state index >= 15 is 0 Å². The first-order valence-corrected chi connectivity index (χ1v) is 29.4. The molecular formula is C59H81N9O18. The number of nitrogens with zero attached hydrogens (tertiary/aromatic N) is 3. The van der Waals surface area contributed by atoms with Crippen molar-refractivity contribution in [1.82, 2.24) is 41.0 Å². The number of nitrogens with two attached hydrogens (primary N) is 1. The second-order valence-corrected chi connectivity index (χ2v) is 21.6. The number of carbonyl (C=O) groups is 10. The molecule has 27 heteroatoms. The molecule has 1 fully saturated rings. The molecule has 0 spiro atoms. The Morgan fingerprint density at radius 3 is 2.15 bits per heavy atom. The van der Waals surface area contributed by atoms with E-state index in [4.69, 9.17) is 39.5 Å². The lowest BCUT2D eigenvalue weighted by molar-refractivity contribution is -0.191. The van der Waals surface area contributed by atoms with Crippen LogP contribution in [0.5, 0.6) is 0 Å². The highest BCUT2D eigenvalue weighted by atomic mass is 16.6. The van der Waals surface area contributed by atoms with Gasteiger partial charge in [-0.25, -0.2) is 14.6 Å². The molecule has 3 aliphatic rings. The Hall–Kier alpha value is -7.88. The Morgan fingerprint density at radius 2 is 1.48 bits per heavy atom. The van der Waals surface area contributed by atoms with Crippen LogP contribution in [0, 0.1) is 5.92 Å². The van der Waals surface area contributed by atoms with Crippen molar-refractivity contribution in [2.24, 2.45) is 11.7 Å². The number of cyclic esters (lactones) is 1. The molecule has 2 aromatic heterocycles. The summed E-state index contributed by atoms with van der Waals surface area (Å²) in [5, 5.41) is 32.5. The van der Waals surface area contributed by atoms with Gasteiger partial charge in [0.25, 0.3) is 5.56 Å². The van der Waals surface area contributed by atoms with Crippen LogP contribution in [0.3, 0.4) is 0 Å². The summed E-state index contributed by atoms with van der Waals surface area (Å²) in [6.07, 6.45) is 2.08. The van der Waals surface area contributed by atoms with Gasteiger partial charge in [-0.3, -0.25) is 43.2 Å². The number of ether oxygens (including phenoxy) is 5. The quantitative estimate of drug-likeness (QED) is 0.0234. The normalized spacial score (nSPS) is 16.9. The number of carbonyl (C=O) groups excluding carboxylic acids is 8. The van der Waals surface area contributed by atoms with E-state index in [2.05, 4.69) is 26.6 Å². The molecule has 86 heavy (non-hydrogen) atoms. The minimum atomic E-state index is -2.07. The summed E-state index contributed by atoms with van der Waals surface area (Å²) in [5.74, 6) is -7.99. The van der Waals surface area contributed by atoms with E-state index in [1.807, 2.05) is 31.2 Å². The molecule has 1 aromatic carbocycles. The minimum absolute atomic E-state index is 0.00337. The molecule has 0 saturated carbocycles. The molecule has 0 bridgehead atoms. The van der Waals surface area contributed by atoms with Gasteiger partial charge in [-0.05, 0) is 75.0 Å². The molecule has 5 atom stereocenters. The van der Waals surface area contributed by atoms with Crippen LogP contribution in [-0.4, -0.2) is 174 Å². The summed E-state index contributed by atoms with van der Waals surface area (Å²) >= 11 is 0. The van der Waals surface area contributed by atoms with Gasteiger partial charge in [0.05, 0.1) is 87.5 Å². The fourth-order valence-electron chi connectivity index (χ4n) is 10.6. The number of aliphatic carboxylic acids is 2. The number of pyridine rings is 2. The highest BCUT2D eigenvalue weighted by Crippen LogP contribution is 2.42. The van der Waals surface area contributed by atoms with E-state index in [1.165, 1.54) is 4.90 Å². The SMILES string of the molecule is CCc1c2c(nc3ccccc13)-c1cc3c(c(=O)n1C2)COC(=O)[C@@]3(CC)OC(=O)[C@@H](NC(=O)[C@@H]1CCCN1C(=O)[C@H](CC(=O)O)NC(=O)CCOCCOCCOCCNC(=O)CCCC(=O)NCCCC[C@H](N)C(=O)NCCC(=O)O)C(C)C. The third-order valence-electron chi connectivity index (χ3n) is 15.2. The summed E-state index contributed by atoms with van der Waals surface area (Å²) in [7, 11) is 0. The van der Waals surface area contributed by atoms with Crippen molar-refractivity contribution in [3.63, 3.8) is 0 Å². The maximum absolute atomic E-state index is 14.4. The number of para-hydroxylation sites is 1. The molecule has 3 aromatic rings. The van der Waals surface area contributed by atoms with Crippen LogP contribution in [0.15, 0.2) is 35.1 Å². The molecule has 3 aliphatic heterocycles. The number of rotatable bonds is 36. The van der Waals surface area contributed by atoms with Crippen molar-refractivity contribution in [3.05, 3.63) is 62.9 Å². The molecular weight excluding hydrogens is 1120 g/mol. The Balaban J connectivity index is 0.882. The first kappa shape index (κ1) is 67.2. The zero-order valence-corrected chi connectivity index (χ0v) is 49.3. The Labute approximate surface area is 497 Å². The van der Waals surface area contributed by atoms with E-state index in [0.717, 1.165) is 22.0 Å². The third-order valence-corrected chi connectivity index (χ3v) is 15.2. The zero-order valence-electron chi connectivity index (χ0n) is 49.3. The summed E-state index contributed by atoms with van der Waals surface area (Å²) in [6.45, 7) is 8.38. The highest BCUT2D eigenvalue weighted by molar-refractivity contribution is 5.96. The number of hydrogen-bond acceptors (Lipinski definition) is 18. The van der Waals surface area contributed by atoms with E-state index in [-0.39, 0.29) is 134 Å². The summed E-state index contributed by atoms with van der Waals surface area (Å²) < 4.78 is 29.8. The van der Waals surface area contributed by atoms with Gasteiger partial charge in [0.1, 0.15) is 24.7 Å². The monoisotopic (exact) mass is 1200 g/mol. The van der Waals surface area contributed by atoms with Gasteiger partial charge >= 0.3 is 23.9 Å². The molecule has 27 nitrogen and oxygen atoms in total. The highest BCUT2D eigenvalue weighted by Gasteiger charge is 2.52. The molecule has 470 valence electrons. The van der Waals surface area contributed by atoms with Gasteiger partial charge in [-0.15, -0.1) is 0 Å². The van der Waals surface area contributed by atoms with Gasteiger partial charge in [-0.1, -0.05) is 45.9 Å². The number of carboxylic acids is 2. The average molecular weight is 1200 g/mol. The van der Waals surface area contributed by atoms with Gasteiger partial charge in [0.15, 0.2) is 0 Å². The number of nitrogens with one attached hydrogen (secondary N) is 5. The Kier molecular flexibility index (Phi) is 25.5. The third kappa shape index (κ3) is 17.9. The number of benzene rings is 1. The fraction of sp³-hybridized carbons (Fsp3) is 0.593. The second-order valence-electron chi connectivity index (χ2n) is 21.6. The van der Waals surface area contributed by atoms with E-state index in [1.54, 1.807) is 31.4 Å². The molecule has 1 saturated heterocycles. The summed E-state index contributed by atoms with van der Waals surface area (Å²) in [6, 6.07) is 4.53. The van der Waals surface area contributed by atoms with Crippen molar-refractivity contribution in [1.29, 1.82) is 0 Å². The molecule has 6 rings (SSSR count). The van der Waals surface area contributed by atoms with Crippen LogP contribution >= 0.6 is 0 Å². The maximum Gasteiger partial charge on any atom is 0.355 e. The van der Waals surface area contributed by atoms with Crippen molar-refractivity contribution in [3.8, 4) is 11.4 Å². The van der Waals surface area contributed by atoms with Crippen LogP contribution < -0.4 is 37.9 Å². The van der Waals surface area contributed by atoms with Gasteiger partial charge in [0.2, 0.25) is 41.0 Å². The first-order chi connectivity index (χ1) is 41.2. The lowest BCUT2D eigenvalue weighted by atomic mass is 9.85. The predicted molar refractivity (Wildman–Crippen MR) is 307 cm³/mol. The number of amides is 6. The number of esters is 2. The first-order valence-electron chi connectivity index (χ1n) is 29.4. The lowest BCUT2D eigenvalue weighted by Gasteiger charge is -2.37. The molecule has 0 unspecified atom stereocenters. The second kappa shape index (κ2) is 32.6. The smallest absolute Gasteiger partial charge is 0.355 e. The maximum atomic E-state index is 14.4. The van der Waals surface area contributed by atoms with Crippen molar-refractivity contribution in [2.75, 3.05) is 65.8 Å². The van der Waals surface area contributed by atoms with E-state index in [0.29, 0.717) is 56.5 Å². The van der Waals surface area contributed by atoms with Crippen molar-refractivity contribution in [2.45, 2.75) is 154 Å². The van der Waals surface area contributed by atoms with Crippen LogP contribution in [-0.2, 0) is 96.8 Å². The number of hydrogen-bond donors (Lipinski definition) is 8. The van der Waals surface area contributed by atoms with E-state index < -0.39 is 95.2 Å². The molecule has 0 aliphatic carbocycles. The topological polar surface area (TPSA) is 382 Å². The van der Waals surface area contributed by atoms with Gasteiger partial charge in [0, 0.05) is 62.0 Å². The average Bonchev–Trinajstić information content (AvgIpc) is 1.45. The molecule has 0 radical (unpaired) electrons. The van der Waals surface area contributed by atoms with Crippen LogP contribution in [0.1, 0.15) is 127 Å². The standard InChI is InChI=1S/C59H81N9O18/c1-5-36-37-13-7-8-15-42(37)65-52-38(36)33-68-45(52)31-40-39(55(68)78)34-85-58(81)59(40,6-2)86-57(80)51(35(3)4)66-54(77)44-16-12-24-67(44)56(79)43(32-50(74)75)64-48(71)20-25-82-27-29-84-30-28-83-26-23-62-47(70)18-11-17-46(69)61-21-10-9-14-41(60)53(76)63-22-19-49(72)73/h7-8,13,15,31,35,41,43-44,51H,5-6,9-12,14,16-30,32-34,60H2,1-4H3,(H,61,69)(H,62,70)(H,63,76)(H,64,71)(H,66,77)(H,72,73)(H,74,75)/t41-,43-,44-,51-,59-/m0/s1. The van der Waals surface area contributed by atoms with Gasteiger partial charge in [-0.2, -0.15) is 0 Å². The number of aromatic nitrogens is 2. The summed E-state index contributed by atoms with van der Waals surface area (Å²) in [4.78, 5) is 149. The van der Waals surface area contributed by atoms with Crippen molar-refractivity contribution < 1.29 is 81.8 Å². The fourth-order valence-corrected chi connectivity index (χ4v) is 10.6. The van der Waals surface area contributed by atoms with E-state index in [9.17, 15) is 57.8 Å². The van der Waals surface area contributed by atoms with Crippen molar-refractivity contribution >= 4 is 70.2 Å². The van der Waals surface area contributed by atoms with Gasteiger partial charge < -0.3 is 75.7 Å². The number of aryl methyl sites for hydroxylation is 1. The minimum Gasteiger partial charge on any atom is -0.481 e. The molecule has 9 N–H and O–H groups in total. The zero-order chi connectivity index (χ0) is 62.5. The van der Waals surface area contributed by atoms with Crippen LogP contribution in [0.25, 0.3) is 22.3 Å². The van der Waals surface area contributed by atoms with Crippen LogP contribution in [0.4, 0.5) is 0 Å². The number of likely N-dealkylation sites (tertiary alicyclic amines) is 1. The predicted octanol–water partition coefficient (Wildman–Crippen LogP) is 1.22. The Morgan fingerprint density at radius 1 is 0.791 bits per heavy atom. The molecule has 6 amide bonds. The number of fused-ring (bicyclic) bond motifs is 5. The largest absolute Gasteiger partial charge is 0.481 e. The lowest BCUT2D eigenvalue weighted by Crippen LogP contribution is -2.57. The van der Waals surface area contributed by atoms with Crippen LogP contribution in [0.2, 0.25) is 0 Å². The Bertz CT molecular complexity index is 3020. The number of unbranched alkanes of at least 4 members (excludes halogenated alkanes) is 1. The molecule has 5 heterocycles. The summed E-state index contributed by atoms with van der Waals surface area (Å²) in [5.41, 5.74) is 7.34. The number of carboxylic acid groups (broad SMARTS) is 2.